The van der Waals surface area contributed by atoms with E-state index in [1.807, 2.05) is 23.9 Å². The van der Waals surface area contributed by atoms with E-state index in [0.717, 1.165) is 25.6 Å². The summed E-state index contributed by atoms with van der Waals surface area (Å²) in [4.78, 5) is 4.22. The predicted octanol–water partition coefficient (Wildman–Crippen LogP) is 2.41. The zero-order valence-corrected chi connectivity index (χ0v) is 15.3. The van der Waals surface area contributed by atoms with Crippen LogP contribution in [0.3, 0.4) is 0 Å². The Kier molecular flexibility index (Phi) is 9.34. The molecule has 1 aromatic heterocycles. The van der Waals surface area contributed by atoms with E-state index in [2.05, 4.69) is 52.7 Å². The van der Waals surface area contributed by atoms with Crippen LogP contribution in [0.4, 0.5) is 0 Å². The summed E-state index contributed by atoms with van der Waals surface area (Å²) in [5.41, 5.74) is 0. The number of nitrogens with zero attached hydrogens (tertiary/aromatic N) is 2. The van der Waals surface area contributed by atoms with Crippen LogP contribution in [0.2, 0.25) is 0 Å². The van der Waals surface area contributed by atoms with Gasteiger partial charge in [0.05, 0.1) is 0 Å². The van der Waals surface area contributed by atoms with E-state index >= 15 is 0 Å². The van der Waals surface area contributed by atoms with Crippen molar-refractivity contribution >= 4 is 41.7 Å². The van der Waals surface area contributed by atoms with Gasteiger partial charge in [-0.3, -0.25) is 4.99 Å². The molecule has 0 unspecified atom stereocenters. The van der Waals surface area contributed by atoms with E-state index in [1.165, 1.54) is 0 Å². The average Bonchev–Trinajstić information content (AvgIpc) is 2.86. The van der Waals surface area contributed by atoms with E-state index < -0.39 is 0 Å². The lowest BCUT2D eigenvalue weighted by atomic mass is 10.2. The maximum absolute atomic E-state index is 4.22. The molecular weight excluding hydrogens is 371 g/mol. The number of hydrogen-bond donors (Lipinski definition) is 2. The summed E-state index contributed by atoms with van der Waals surface area (Å²) in [6, 6.07) is 4.07. The molecule has 0 atom stereocenters. The number of hydrogen-bond acceptors (Lipinski definition) is 2. The first kappa shape index (κ1) is 18.6. The number of nitrogens with one attached hydrogen (secondary N) is 2. The largest absolute Gasteiger partial charge is 0.355 e. The zero-order valence-electron chi connectivity index (χ0n) is 12.1. The number of aromatic nitrogens is 1. The van der Waals surface area contributed by atoms with Crippen LogP contribution >= 0.6 is 35.7 Å². The van der Waals surface area contributed by atoms with E-state index in [-0.39, 0.29) is 28.7 Å². The Morgan fingerprint density at radius 3 is 2.42 bits per heavy atom. The second-order valence-electron chi connectivity index (χ2n) is 4.74. The molecule has 1 heterocycles. The fourth-order valence-electron chi connectivity index (χ4n) is 1.41. The smallest absolute Gasteiger partial charge is 0.191 e. The van der Waals surface area contributed by atoms with E-state index in [4.69, 9.17) is 0 Å². The van der Waals surface area contributed by atoms with Crippen LogP contribution < -0.4 is 10.6 Å². The Bertz CT molecular complexity index is 363. The van der Waals surface area contributed by atoms with E-state index in [9.17, 15) is 0 Å². The van der Waals surface area contributed by atoms with Crippen LogP contribution in [0.15, 0.2) is 29.5 Å². The minimum atomic E-state index is 0. The summed E-state index contributed by atoms with van der Waals surface area (Å²) in [5.74, 6) is 0.865. The minimum Gasteiger partial charge on any atom is -0.355 e. The molecule has 0 bridgehead atoms. The van der Waals surface area contributed by atoms with Crippen molar-refractivity contribution < 1.29 is 0 Å². The summed E-state index contributed by atoms with van der Waals surface area (Å²) < 4.78 is 2.37. The Morgan fingerprint density at radius 2 is 1.89 bits per heavy atom. The number of halogens is 1. The first-order chi connectivity index (χ1) is 8.57. The topological polar surface area (TPSA) is 41.4 Å². The maximum Gasteiger partial charge on any atom is 0.191 e. The van der Waals surface area contributed by atoms with Crippen molar-refractivity contribution in [3.05, 3.63) is 24.5 Å². The molecule has 110 valence electrons. The third-order valence-corrected chi connectivity index (χ3v) is 4.04. The van der Waals surface area contributed by atoms with Gasteiger partial charge in [0.25, 0.3) is 0 Å². The minimum absolute atomic E-state index is 0. The summed E-state index contributed by atoms with van der Waals surface area (Å²) in [6.45, 7) is 7.15. The van der Waals surface area contributed by atoms with Gasteiger partial charge in [-0.15, -0.1) is 24.0 Å². The zero-order chi connectivity index (χ0) is 13.4. The SMILES string of the molecule is CN=C(NCCn1cccc1)NCC(C)(C)SC.I. The molecular formula is C13H25IN4S. The van der Waals surface area contributed by atoms with Crippen molar-refractivity contribution in [1.29, 1.82) is 0 Å². The molecule has 0 aliphatic heterocycles. The molecule has 0 saturated carbocycles. The highest BCUT2D eigenvalue weighted by Crippen LogP contribution is 2.19. The van der Waals surface area contributed by atoms with Crippen LogP contribution in [0.5, 0.6) is 0 Å². The van der Waals surface area contributed by atoms with Gasteiger partial charge in [-0.2, -0.15) is 11.8 Å². The number of aliphatic imine (C=N–C) groups is 1. The monoisotopic (exact) mass is 396 g/mol. The van der Waals surface area contributed by atoms with Crippen LogP contribution in [0.1, 0.15) is 13.8 Å². The van der Waals surface area contributed by atoms with Gasteiger partial charge in [-0.1, -0.05) is 0 Å². The number of thioether (sulfide) groups is 1. The number of rotatable bonds is 6. The Balaban J connectivity index is 0.00000324. The van der Waals surface area contributed by atoms with Gasteiger partial charge in [-0.05, 0) is 32.2 Å². The molecule has 2 N–H and O–H groups in total. The Hall–Kier alpha value is -0.370. The van der Waals surface area contributed by atoms with Gasteiger partial charge in [0.15, 0.2) is 5.96 Å². The maximum atomic E-state index is 4.22. The molecule has 1 rings (SSSR count). The van der Waals surface area contributed by atoms with Crippen LogP contribution in [0.25, 0.3) is 0 Å². The van der Waals surface area contributed by atoms with E-state index in [1.54, 1.807) is 7.05 Å². The predicted molar refractivity (Wildman–Crippen MR) is 96.8 cm³/mol. The van der Waals surface area contributed by atoms with Gasteiger partial charge < -0.3 is 15.2 Å². The molecule has 0 radical (unpaired) electrons. The van der Waals surface area contributed by atoms with Crippen LogP contribution in [-0.4, -0.2) is 41.7 Å². The van der Waals surface area contributed by atoms with Crippen molar-refractivity contribution in [1.82, 2.24) is 15.2 Å². The number of guanidine groups is 1. The lowest BCUT2D eigenvalue weighted by Crippen LogP contribution is -2.44. The van der Waals surface area contributed by atoms with Gasteiger partial charge in [-0.25, -0.2) is 0 Å². The molecule has 0 amide bonds. The molecule has 0 aromatic carbocycles. The van der Waals surface area contributed by atoms with Gasteiger partial charge in [0.1, 0.15) is 0 Å². The second kappa shape index (κ2) is 9.52. The highest BCUT2D eigenvalue weighted by molar-refractivity contribution is 14.0. The van der Waals surface area contributed by atoms with Crippen molar-refractivity contribution in [3.8, 4) is 0 Å². The highest BCUT2D eigenvalue weighted by Gasteiger charge is 2.15. The molecule has 0 fully saturated rings. The summed E-state index contributed by atoms with van der Waals surface area (Å²) in [7, 11) is 1.80. The summed E-state index contributed by atoms with van der Waals surface area (Å²) in [6.07, 6.45) is 6.26. The van der Waals surface area contributed by atoms with Gasteiger partial charge in [0.2, 0.25) is 0 Å². The lowest BCUT2D eigenvalue weighted by Gasteiger charge is -2.23. The van der Waals surface area contributed by atoms with Crippen LogP contribution in [0, 0.1) is 0 Å². The van der Waals surface area contributed by atoms with Crippen molar-refractivity contribution in [3.63, 3.8) is 0 Å². The van der Waals surface area contributed by atoms with Crippen molar-refractivity contribution in [2.75, 3.05) is 26.4 Å². The standard InChI is InChI=1S/C13H24N4S.HI/c1-13(2,18-4)11-16-12(14-3)15-7-10-17-8-5-6-9-17;/h5-6,8-9H,7,10-11H2,1-4H3,(H2,14,15,16);1H. The third kappa shape index (κ3) is 7.71. The Labute approximate surface area is 137 Å². The van der Waals surface area contributed by atoms with Crippen molar-refractivity contribution in [2.24, 2.45) is 4.99 Å². The molecule has 0 spiro atoms. The average molecular weight is 396 g/mol. The fraction of sp³-hybridized carbons (Fsp3) is 0.615. The van der Waals surface area contributed by atoms with Crippen molar-refractivity contribution in [2.45, 2.75) is 25.1 Å². The lowest BCUT2D eigenvalue weighted by molar-refractivity contribution is 0.640. The summed E-state index contributed by atoms with van der Waals surface area (Å²) in [5, 5.41) is 6.66. The molecule has 4 nitrogen and oxygen atoms in total. The molecule has 19 heavy (non-hydrogen) atoms. The Morgan fingerprint density at radius 1 is 1.26 bits per heavy atom. The first-order valence-corrected chi connectivity index (χ1v) is 7.40. The van der Waals surface area contributed by atoms with E-state index in [0.29, 0.717) is 0 Å². The van der Waals surface area contributed by atoms with Crippen LogP contribution in [-0.2, 0) is 6.54 Å². The second-order valence-corrected chi connectivity index (χ2v) is 6.25. The first-order valence-electron chi connectivity index (χ1n) is 6.18. The fourth-order valence-corrected chi connectivity index (χ4v) is 1.63. The molecule has 0 aliphatic rings. The third-order valence-electron chi connectivity index (χ3n) is 2.79. The molecule has 0 saturated heterocycles. The quantitative estimate of drug-likeness (QED) is 0.441. The van der Waals surface area contributed by atoms with Gasteiger partial charge >= 0.3 is 0 Å². The molecule has 1 aromatic rings. The highest BCUT2D eigenvalue weighted by atomic mass is 127. The molecule has 0 aliphatic carbocycles. The summed E-state index contributed by atoms with van der Waals surface area (Å²) >= 11 is 1.85. The van der Waals surface area contributed by atoms with Gasteiger partial charge in [0, 0.05) is 43.8 Å². The normalized spacial score (nSPS) is 11.9. The molecule has 6 heteroatoms.